The summed E-state index contributed by atoms with van der Waals surface area (Å²) in [5.41, 5.74) is 0. The molecule has 5 heavy (non-hydrogen) atoms. The molecule has 0 amide bonds. The minimum Gasteiger partial charge on any atom is -0.281 e. The van der Waals surface area contributed by atoms with Crippen LogP contribution in [0.4, 0.5) is 0 Å². The third-order valence-corrected chi connectivity index (χ3v) is 1.30. The first-order valence-electron chi connectivity index (χ1n) is 1.61. The third kappa shape index (κ3) is 4.15. The molecule has 1 N–H and O–H groups in total. The highest BCUT2D eigenvalue weighted by Gasteiger charge is 1.67. The van der Waals surface area contributed by atoms with Crippen LogP contribution in [0.3, 0.4) is 0 Å². The van der Waals surface area contributed by atoms with Crippen molar-refractivity contribution in [2.75, 3.05) is 12.0 Å². The molecule has 0 aromatic heterocycles. The predicted octanol–water partition coefficient (Wildman–Crippen LogP) is 1.02. The van der Waals surface area contributed by atoms with E-state index in [4.69, 9.17) is 4.78 Å². The Morgan fingerprint density at radius 1 is 1.80 bits per heavy atom. The van der Waals surface area contributed by atoms with Crippen LogP contribution in [0.15, 0.2) is 0 Å². The van der Waals surface area contributed by atoms with Gasteiger partial charge in [-0.25, -0.2) is 0 Å². The molecule has 0 bridgehead atoms. The first-order valence-corrected chi connectivity index (χ1v) is 3.41. The van der Waals surface area contributed by atoms with E-state index in [0.29, 0.717) is 0 Å². The Morgan fingerprint density at radius 3 is 2.00 bits per heavy atom. The van der Waals surface area contributed by atoms with Crippen LogP contribution in [-0.2, 0) is 10.7 Å². The van der Waals surface area contributed by atoms with Gasteiger partial charge in [0.2, 0.25) is 0 Å². The molecule has 0 saturated carbocycles. The second-order valence-corrected chi connectivity index (χ2v) is 2.78. The lowest BCUT2D eigenvalue weighted by atomic mass is 11.0. The van der Waals surface area contributed by atoms with Crippen molar-refractivity contribution in [2.45, 2.75) is 6.92 Å². The largest absolute Gasteiger partial charge is 0.281 e. The summed E-state index contributed by atoms with van der Waals surface area (Å²) in [6, 6.07) is 0. The highest BCUT2D eigenvalue weighted by atomic mass is 32.2. The van der Waals surface area contributed by atoms with Gasteiger partial charge in [-0.3, -0.25) is 4.78 Å². The van der Waals surface area contributed by atoms with Crippen LogP contribution in [0.5, 0.6) is 0 Å². The van der Waals surface area contributed by atoms with E-state index in [9.17, 15) is 0 Å². The van der Waals surface area contributed by atoms with E-state index in [-0.39, 0.29) is 10.7 Å². The Bertz CT molecular complexity index is 42.2. The maximum absolute atomic E-state index is 6.85. The van der Waals surface area contributed by atoms with Gasteiger partial charge in [0.25, 0.3) is 0 Å². The van der Waals surface area contributed by atoms with Crippen LogP contribution in [0.2, 0.25) is 0 Å². The van der Waals surface area contributed by atoms with E-state index < -0.39 is 0 Å². The lowest BCUT2D eigenvalue weighted by molar-refractivity contribution is 1.48. The minimum absolute atomic E-state index is 0.0725. The maximum Gasteiger partial charge on any atom is 0.000731 e. The van der Waals surface area contributed by atoms with Crippen LogP contribution in [0, 0.1) is 4.78 Å². The van der Waals surface area contributed by atoms with Crippen molar-refractivity contribution in [1.29, 1.82) is 4.78 Å². The van der Waals surface area contributed by atoms with E-state index in [1.165, 1.54) is 0 Å². The van der Waals surface area contributed by atoms with E-state index in [2.05, 4.69) is 0 Å². The molecule has 0 aliphatic carbocycles. The van der Waals surface area contributed by atoms with Crippen molar-refractivity contribution in [1.82, 2.24) is 0 Å². The fourth-order valence-electron chi connectivity index (χ4n) is 0. The molecule has 2 heteroatoms. The van der Waals surface area contributed by atoms with E-state index >= 15 is 0 Å². The Hall–Kier alpha value is 0.150. The molecule has 0 spiro atoms. The predicted molar refractivity (Wildman–Crippen MR) is 26.5 cm³/mol. The van der Waals surface area contributed by atoms with Crippen molar-refractivity contribution in [3.63, 3.8) is 0 Å². The molecule has 0 radical (unpaired) electrons. The average molecular weight is 91.2 g/mol. The standard InChI is InChI=1S/C3H9NS/c1-3-5(2)4/h4H,3H2,1-2H3/t5-/m0/s1. The zero-order chi connectivity index (χ0) is 4.28. The Labute approximate surface area is 35.3 Å². The van der Waals surface area contributed by atoms with Crippen LogP contribution in [0.1, 0.15) is 6.92 Å². The maximum atomic E-state index is 6.85. The molecule has 1 atom stereocenters. The fraction of sp³-hybridized carbons (Fsp3) is 1.00. The van der Waals surface area contributed by atoms with E-state index in [1.807, 2.05) is 13.2 Å². The van der Waals surface area contributed by atoms with Gasteiger partial charge in [-0.1, -0.05) is 6.92 Å². The zero-order valence-electron chi connectivity index (χ0n) is 3.62. The van der Waals surface area contributed by atoms with Crippen molar-refractivity contribution >= 4 is 10.7 Å². The van der Waals surface area contributed by atoms with Crippen molar-refractivity contribution in [3.05, 3.63) is 0 Å². The highest BCUT2D eigenvalue weighted by molar-refractivity contribution is 7.85. The topological polar surface area (TPSA) is 23.9 Å². The number of hydrogen-bond donors (Lipinski definition) is 1. The molecule has 0 heterocycles. The summed E-state index contributed by atoms with van der Waals surface area (Å²) in [6.45, 7) is 2.02. The van der Waals surface area contributed by atoms with Crippen LogP contribution < -0.4 is 0 Å². The van der Waals surface area contributed by atoms with Gasteiger partial charge in [-0.05, 0) is 6.26 Å². The summed E-state index contributed by atoms with van der Waals surface area (Å²) in [7, 11) is -0.0725. The molecule has 1 nitrogen and oxygen atoms in total. The van der Waals surface area contributed by atoms with Gasteiger partial charge in [0, 0.05) is 5.75 Å². The lowest BCUT2D eigenvalue weighted by Gasteiger charge is -1.80. The Morgan fingerprint density at radius 2 is 2.00 bits per heavy atom. The average Bonchev–Trinajstić information content (AvgIpc) is 1.38. The van der Waals surface area contributed by atoms with Crippen LogP contribution >= 0.6 is 0 Å². The highest BCUT2D eigenvalue weighted by Crippen LogP contribution is 1.67. The SMILES string of the molecule is CC[S@](C)=N. The summed E-state index contributed by atoms with van der Waals surface area (Å²) in [5, 5.41) is 0. The molecule has 0 fully saturated rings. The van der Waals surface area contributed by atoms with E-state index in [0.717, 1.165) is 5.75 Å². The van der Waals surface area contributed by atoms with Gasteiger partial charge in [-0.15, -0.1) is 10.7 Å². The lowest BCUT2D eigenvalue weighted by Crippen LogP contribution is -1.81. The monoisotopic (exact) mass is 91.0 g/mol. The van der Waals surface area contributed by atoms with Gasteiger partial charge >= 0.3 is 0 Å². The quantitative estimate of drug-likeness (QED) is 0.498. The fourth-order valence-corrected chi connectivity index (χ4v) is 0. The first-order chi connectivity index (χ1) is 2.27. The second kappa shape index (κ2) is 2.39. The molecular weight excluding hydrogens is 82.1 g/mol. The summed E-state index contributed by atoms with van der Waals surface area (Å²) in [4.78, 5) is 0. The zero-order valence-corrected chi connectivity index (χ0v) is 4.43. The molecule has 0 rings (SSSR count). The number of nitrogens with one attached hydrogen (secondary N) is 1. The van der Waals surface area contributed by atoms with Crippen LogP contribution in [0.25, 0.3) is 0 Å². The Kier molecular flexibility index (Phi) is 2.46. The smallest absolute Gasteiger partial charge is 0.000731 e. The first kappa shape index (κ1) is 5.15. The molecule has 0 aromatic carbocycles. The number of rotatable bonds is 1. The van der Waals surface area contributed by atoms with Gasteiger partial charge in [0.05, 0.1) is 0 Å². The van der Waals surface area contributed by atoms with Gasteiger partial charge < -0.3 is 0 Å². The molecule has 0 unspecified atom stereocenters. The van der Waals surface area contributed by atoms with Gasteiger partial charge in [0.15, 0.2) is 0 Å². The molecule has 32 valence electrons. The Balaban J connectivity index is 2.85. The molecular formula is C3H9NS. The summed E-state index contributed by atoms with van der Waals surface area (Å²) < 4.78 is 6.85. The molecule has 0 aromatic rings. The van der Waals surface area contributed by atoms with Crippen molar-refractivity contribution < 1.29 is 0 Å². The van der Waals surface area contributed by atoms with Crippen molar-refractivity contribution in [3.8, 4) is 0 Å². The van der Waals surface area contributed by atoms with Crippen molar-refractivity contribution in [2.24, 2.45) is 0 Å². The van der Waals surface area contributed by atoms with Gasteiger partial charge in [-0.2, -0.15) is 0 Å². The van der Waals surface area contributed by atoms with Crippen LogP contribution in [-0.4, -0.2) is 12.0 Å². The molecule has 0 saturated heterocycles. The minimum atomic E-state index is -0.0725. The second-order valence-electron chi connectivity index (χ2n) is 0.926. The summed E-state index contributed by atoms with van der Waals surface area (Å²) in [6.07, 6.45) is 1.92. The summed E-state index contributed by atoms with van der Waals surface area (Å²) >= 11 is 0. The number of hydrogen-bond acceptors (Lipinski definition) is 1. The summed E-state index contributed by atoms with van der Waals surface area (Å²) in [5.74, 6) is 1.00. The third-order valence-electron chi connectivity index (χ3n) is 0.433. The van der Waals surface area contributed by atoms with Gasteiger partial charge in [0.1, 0.15) is 0 Å². The molecule has 0 aliphatic heterocycles. The van der Waals surface area contributed by atoms with E-state index in [1.54, 1.807) is 0 Å². The normalized spacial score (nSPS) is 14.8. The molecule has 0 aliphatic rings.